The normalized spacial score (nSPS) is 16.1. The standard InChI is InChI=1S/C25H28N4O2/c1-17-6-7-19(15-26-17)25(30)29-12-4-5-20(16-29)24-14-22(13-18(2)27-24)28-21-8-10-23(31-3)11-9-21/h6-11,13-15,20H,4-5,12,16H2,1-3H3,(H,27,28)/t20-/m1/s1. The molecule has 4 rings (SSSR count). The molecule has 0 bridgehead atoms. The van der Waals surface area contributed by atoms with Crippen molar-refractivity contribution in [2.45, 2.75) is 32.6 Å². The summed E-state index contributed by atoms with van der Waals surface area (Å²) in [5, 5.41) is 3.46. The van der Waals surface area contributed by atoms with Crippen molar-refractivity contribution in [3.63, 3.8) is 0 Å². The number of anilines is 2. The summed E-state index contributed by atoms with van der Waals surface area (Å²) in [7, 11) is 1.66. The minimum Gasteiger partial charge on any atom is -0.497 e. The molecule has 1 fully saturated rings. The zero-order chi connectivity index (χ0) is 21.8. The van der Waals surface area contributed by atoms with Crippen molar-refractivity contribution in [3.8, 4) is 5.75 Å². The largest absolute Gasteiger partial charge is 0.497 e. The van der Waals surface area contributed by atoms with Crippen LogP contribution in [0.4, 0.5) is 11.4 Å². The summed E-state index contributed by atoms with van der Waals surface area (Å²) in [4.78, 5) is 24.0. The number of carbonyl (C=O) groups excluding carboxylic acids is 1. The van der Waals surface area contributed by atoms with Crippen molar-refractivity contribution < 1.29 is 9.53 Å². The molecule has 3 aromatic rings. The predicted molar refractivity (Wildman–Crippen MR) is 122 cm³/mol. The number of nitrogens with zero attached hydrogens (tertiary/aromatic N) is 3. The number of rotatable bonds is 5. The van der Waals surface area contributed by atoms with Crippen LogP contribution in [0.3, 0.4) is 0 Å². The van der Waals surface area contributed by atoms with Gasteiger partial charge in [-0.3, -0.25) is 14.8 Å². The van der Waals surface area contributed by atoms with Crippen molar-refractivity contribution in [2.24, 2.45) is 0 Å². The Morgan fingerprint density at radius 2 is 1.87 bits per heavy atom. The maximum atomic E-state index is 13.0. The molecule has 1 aliphatic rings. The fourth-order valence-corrected chi connectivity index (χ4v) is 4.00. The van der Waals surface area contributed by atoms with E-state index < -0.39 is 0 Å². The van der Waals surface area contributed by atoms with Gasteiger partial charge in [0.05, 0.1) is 12.7 Å². The molecular weight excluding hydrogens is 388 g/mol. The number of aromatic nitrogens is 2. The van der Waals surface area contributed by atoms with Crippen molar-refractivity contribution in [2.75, 3.05) is 25.5 Å². The number of carbonyl (C=O) groups is 1. The lowest BCUT2D eigenvalue weighted by Gasteiger charge is -2.33. The van der Waals surface area contributed by atoms with Gasteiger partial charge in [-0.15, -0.1) is 0 Å². The molecule has 3 heterocycles. The van der Waals surface area contributed by atoms with E-state index in [0.717, 1.165) is 53.6 Å². The third kappa shape index (κ3) is 5.02. The first-order valence-electron chi connectivity index (χ1n) is 10.6. The number of hydrogen-bond donors (Lipinski definition) is 1. The summed E-state index contributed by atoms with van der Waals surface area (Å²) in [6.45, 7) is 5.37. The van der Waals surface area contributed by atoms with Crippen molar-refractivity contribution in [3.05, 3.63) is 77.4 Å². The fourth-order valence-electron chi connectivity index (χ4n) is 4.00. The number of ether oxygens (including phenoxy) is 1. The molecule has 2 aromatic heterocycles. The van der Waals surface area contributed by atoms with Gasteiger partial charge in [0.2, 0.25) is 0 Å². The Morgan fingerprint density at radius 3 is 2.58 bits per heavy atom. The second-order valence-electron chi connectivity index (χ2n) is 8.05. The number of pyridine rings is 2. The Balaban J connectivity index is 1.50. The summed E-state index contributed by atoms with van der Waals surface area (Å²) in [5.41, 5.74) is 5.53. The zero-order valence-corrected chi connectivity index (χ0v) is 18.3. The number of methoxy groups -OCH3 is 1. The Kier molecular flexibility index (Phi) is 6.16. The van der Waals surface area contributed by atoms with Gasteiger partial charge in [-0.2, -0.15) is 0 Å². The second kappa shape index (κ2) is 9.16. The van der Waals surface area contributed by atoms with Gasteiger partial charge in [0.15, 0.2) is 0 Å². The van der Waals surface area contributed by atoms with Crippen LogP contribution >= 0.6 is 0 Å². The van der Waals surface area contributed by atoms with Crippen molar-refractivity contribution >= 4 is 17.3 Å². The van der Waals surface area contributed by atoms with Gasteiger partial charge in [0, 0.05) is 53.7 Å². The predicted octanol–water partition coefficient (Wildman–Crippen LogP) is 4.87. The summed E-state index contributed by atoms with van der Waals surface area (Å²) in [6.07, 6.45) is 3.66. The average molecular weight is 417 g/mol. The first-order chi connectivity index (χ1) is 15.0. The zero-order valence-electron chi connectivity index (χ0n) is 18.3. The highest BCUT2D eigenvalue weighted by Gasteiger charge is 2.27. The SMILES string of the molecule is COc1ccc(Nc2cc(C)nc([C@@H]3CCCN(C(=O)c4ccc(C)nc4)C3)c2)cc1. The monoisotopic (exact) mass is 416 g/mol. The molecule has 1 aromatic carbocycles. The highest BCUT2D eigenvalue weighted by Crippen LogP contribution is 2.29. The number of hydrogen-bond acceptors (Lipinski definition) is 5. The van der Waals surface area contributed by atoms with E-state index in [1.54, 1.807) is 13.3 Å². The van der Waals surface area contributed by atoms with E-state index in [-0.39, 0.29) is 11.8 Å². The van der Waals surface area contributed by atoms with Crippen LogP contribution in [0.2, 0.25) is 0 Å². The molecule has 1 saturated heterocycles. The lowest BCUT2D eigenvalue weighted by atomic mass is 9.93. The first-order valence-corrected chi connectivity index (χ1v) is 10.6. The Labute approximate surface area is 183 Å². The van der Waals surface area contributed by atoms with Crippen LogP contribution in [-0.4, -0.2) is 41.0 Å². The molecule has 6 heteroatoms. The van der Waals surface area contributed by atoms with Gasteiger partial charge in [0.1, 0.15) is 5.75 Å². The Morgan fingerprint density at radius 1 is 1.06 bits per heavy atom. The number of benzene rings is 1. The third-order valence-corrected chi connectivity index (χ3v) is 5.64. The molecule has 0 saturated carbocycles. The van der Waals surface area contributed by atoms with E-state index in [0.29, 0.717) is 12.1 Å². The Hall–Kier alpha value is -3.41. The molecule has 31 heavy (non-hydrogen) atoms. The van der Waals surface area contributed by atoms with Crippen LogP contribution in [-0.2, 0) is 0 Å². The van der Waals surface area contributed by atoms with Gasteiger partial charge >= 0.3 is 0 Å². The van der Waals surface area contributed by atoms with Gasteiger partial charge in [-0.05, 0) is 75.2 Å². The molecule has 1 N–H and O–H groups in total. The lowest BCUT2D eigenvalue weighted by Crippen LogP contribution is -2.39. The van der Waals surface area contributed by atoms with Gasteiger partial charge in [-0.1, -0.05) is 0 Å². The molecule has 0 unspecified atom stereocenters. The first kappa shape index (κ1) is 20.8. The lowest BCUT2D eigenvalue weighted by molar-refractivity contribution is 0.0705. The van der Waals surface area contributed by atoms with E-state index in [1.807, 2.05) is 61.2 Å². The number of piperidine rings is 1. The van der Waals surface area contributed by atoms with E-state index in [2.05, 4.69) is 16.4 Å². The van der Waals surface area contributed by atoms with Crippen molar-refractivity contribution in [1.82, 2.24) is 14.9 Å². The molecule has 1 atom stereocenters. The molecular formula is C25H28N4O2. The van der Waals surface area contributed by atoms with E-state index in [1.165, 1.54) is 0 Å². The third-order valence-electron chi connectivity index (χ3n) is 5.64. The highest BCUT2D eigenvalue weighted by atomic mass is 16.5. The number of likely N-dealkylation sites (tertiary alicyclic amines) is 1. The molecule has 0 aliphatic carbocycles. The number of aryl methyl sites for hydroxylation is 2. The van der Waals surface area contributed by atoms with Crippen LogP contribution in [0.1, 0.15) is 46.2 Å². The van der Waals surface area contributed by atoms with E-state index in [9.17, 15) is 4.79 Å². The van der Waals surface area contributed by atoms with Gasteiger partial charge < -0.3 is 15.0 Å². The maximum Gasteiger partial charge on any atom is 0.255 e. The quantitative estimate of drug-likeness (QED) is 0.643. The smallest absolute Gasteiger partial charge is 0.255 e. The topological polar surface area (TPSA) is 67.3 Å². The summed E-state index contributed by atoms with van der Waals surface area (Å²) < 4.78 is 5.23. The van der Waals surface area contributed by atoms with Crippen LogP contribution in [0.5, 0.6) is 5.75 Å². The minimum atomic E-state index is 0.0430. The Bertz CT molecular complexity index is 1050. The van der Waals surface area contributed by atoms with E-state index >= 15 is 0 Å². The van der Waals surface area contributed by atoms with Crippen LogP contribution < -0.4 is 10.1 Å². The number of nitrogens with one attached hydrogen (secondary N) is 1. The van der Waals surface area contributed by atoms with Crippen molar-refractivity contribution in [1.29, 1.82) is 0 Å². The molecule has 1 amide bonds. The van der Waals surface area contributed by atoms with Crippen LogP contribution in [0.15, 0.2) is 54.7 Å². The number of amides is 1. The second-order valence-corrected chi connectivity index (χ2v) is 8.05. The van der Waals surface area contributed by atoms with Gasteiger partial charge in [0.25, 0.3) is 5.91 Å². The maximum absolute atomic E-state index is 13.0. The van der Waals surface area contributed by atoms with Crippen LogP contribution in [0, 0.1) is 13.8 Å². The molecule has 6 nitrogen and oxygen atoms in total. The summed E-state index contributed by atoms with van der Waals surface area (Å²) >= 11 is 0. The molecule has 0 radical (unpaired) electrons. The molecule has 1 aliphatic heterocycles. The van der Waals surface area contributed by atoms with E-state index in [4.69, 9.17) is 9.72 Å². The summed E-state index contributed by atoms with van der Waals surface area (Å²) in [5.74, 6) is 1.08. The van der Waals surface area contributed by atoms with Crippen LogP contribution in [0.25, 0.3) is 0 Å². The fraction of sp³-hybridized carbons (Fsp3) is 0.320. The molecule has 0 spiro atoms. The van der Waals surface area contributed by atoms with Gasteiger partial charge in [-0.25, -0.2) is 0 Å². The average Bonchev–Trinajstić information content (AvgIpc) is 2.79. The minimum absolute atomic E-state index is 0.0430. The molecule has 160 valence electrons. The summed E-state index contributed by atoms with van der Waals surface area (Å²) in [6, 6.07) is 15.7. The highest BCUT2D eigenvalue weighted by molar-refractivity contribution is 5.94.